The van der Waals surface area contributed by atoms with Crippen LogP contribution in [-0.4, -0.2) is 76.3 Å². The van der Waals surface area contributed by atoms with Crippen molar-refractivity contribution in [1.82, 2.24) is 16.0 Å². The summed E-state index contributed by atoms with van der Waals surface area (Å²) in [5.74, 6) is -3.14. The minimum absolute atomic E-state index is 0.0287. The minimum atomic E-state index is -1.37. The molecule has 3 aromatic rings. The highest BCUT2D eigenvalue weighted by Gasteiger charge is 2.33. The number of nitrogens with one attached hydrogen (secondary N) is 3. The lowest BCUT2D eigenvalue weighted by atomic mass is 9.78. The molecule has 3 atom stereocenters. The first-order valence-corrected chi connectivity index (χ1v) is 14.2. The summed E-state index contributed by atoms with van der Waals surface area (Å²) >= 11 is 0. The molecular formula is C30H31B2N3O10. The number of aromatic hydroxyl groups is 1. The van der Waals surface area contributed by atoms with Gasteiger partial charge in [-0.05, 0) is 77.4 Å². The number of fused-ring (bicyclic) bond motifs is 2. The smallest absolute Gasteiger partial charge is 0.491 e. The molecule has 15 heteroatoms. The molecule has 13 nitrogen and oxygen atoms in total. The Bertz CT molecular complexity index is 1620. The van der Waals surface area contributed by atoms with Crippen LogP contribution in [0.4, 0.5) is 0 Å². The van der Waals surface area contributed by atoms with Crippen molar-refractivity contribution in [1.29, 1.82) is 0 Å². The monoisotopic (exact) mass is 615 g/mol. The maximum absolute atomic E-state index is 13.7. The lowest BCUT2D eigenvalue weighted by Gasteiger charge is -2.28. The fourth-order valence-electron chi connectivity index (χ4n) is 5.32. The number of carbonyl (C=O) groups is 4. The van der Waals surface area contributed by atoms with Crippen molar-refractivity contribution in [2.45, 2.75) is 51.1 Å². The first-order valence-electron chi connectivity index (χ1n) is 14.2. The molecule has 3 aromatic carbocycles. The molecule has 0 saturated carbocycles. The van der Waals surface area contributed by atoms with E-state index in [0.29, 0.717) is 22.1 Å². The maximum Gasteiger partial charge on any atom is 0.491 e. The van der Waals surface area contributed by atoms with E-state index in [2.05, 4.69) is 16.0 Å². The van der Waals surface area contributed by atoms with Crippen LogP contribution in [-0.2, 0) is 38.5 Å². The third-order valence-electron chi connectivity index (χ3n) is 7.76. The van der Waals surface area contributed by atoms with Gasteiger partial charge in [-0.1, -0.05) is 24.3 Å². The zero-order valence-corrected chi connectivity index (χ0v) is 24.2. The summed E-state index contributed by atoms with van der Waals surface area (Å²) in [6, 6.07) is 12.1. The van der Waals surface area contributed by atoms with Crippen LogP contribution in [0, 0.1) is 0 Å². The first-order chi connectivity index (χ1) is 21.5. The van der Waals surface area contributed by atoms with Gasteiger partial charge in [0.1, 0.15) is 11.8 Å². The molecule has 0 bridgehead atoms. The number of phenols is 1. The molecule has 0 spiro atoms. The summed E-state index contributed by atoms with van der Waals surface area (Å²) in [5, 5.41) is 47.3. The van der Waals surface area contributed by atoms with Gasteiger partial charge in [0.05, 0.1) is 25.7 Å². The Morgan fingerprint density at radius 1 is 0.800 bits per heavy atom. The Kier molecular flexibility index (Phi) is 9.54. The second-order valence-electron chi connectivity index (χ2n) is 11.0. The Labute approximate surface area is 258 Å². The van der Waals surface area contributed by atoms with Crippen molar-refractivity contribution in [3.05, 3.63) is 88.5 Å². The number of benzene rings is 3. The van der Waals surface area contributed by atoms with E-state index in [1.165, 1.54) is 37.3 Å². The standard InChI is InChI=1S/C30H31B2N3O10/c1-16(33-28(39)18-4-6-20-14-44-31(42)24(20)11-18)27(35-29(40)19-5-7-21-15-45-32(43)25(21)12-19)30(41)34-22(13-26(37)38)10-17-2-8-23(36)9-3-17/h2-9,11-12,16,22,27,36,42-43H,10,13-15H2,1H3,(H,33,39)(H,34,41)(H,35,40)(H,37,38)/t16-,22-,27-/m0/s1. The highest BCUT2D eigenvalue weighted by atomic mass is 16.5. The summed E-state index contributed by atoms with van der Waals surface area (Å²) in [6.45, 7) is 1.90. The molecule has 5 rings (SSSR count). The summed E-state index contributed by atoms with van der Waals surface area (Å²) in [6.07, 6.45) is -0.321. The molecule has 0 unspecified atom stereocenters. The summed E-state index contributed by atoms with van der Waals surface area (Å²) in [5.41, 5.74) is 3.30. The maximum atomic E-state index is 13.7. The number of phenolic OH excluding ortho intramolecular Hbond substituents is 1. The van der Waals surface area contributed by atoms with E-state index in [0.717, 1.165) is 5.56 Å². The van der Waals surface area contributed by atoms with Gasteiger partial charge in [-0.2, -0.15) is 0 Å². The molecule has 0 radical (unpaired) electrons. The quantitative estimate of drug-likeness (QED) is 0.130. The van der Waals surface area contributed by atoms with Gasteiger partial charge in [0.25, 0.3) is 11.8 Å². The molecule has 0 fully saturated rings. The van der Waals surface area contributed by atoms with Crippen molar-refractivity contribution >= 4 is 48.9 Å². The number of amides is 3. The van der Waals surface area contributed by atoms with Gasteiger partial charge in [-0.25, -0.2) is 0 Å². The van der Waals surface area contributed by atoms with Crippen molar-refractivity contribution < 1.29 is 48.7 Å². The predicted octanol–water partition coefficient (Wildman–Crippen LogP) is -1.05. The summed E-state index contributed by atoms with van der Waals surface area (Å²) in [7, 11) is -2.36. The van der Waals surface area contributed by atoms with Crippen LogP contribution in [0.1, 0.15) is 50.8 Å². The van der Waals surface area contributed by atoms with E-state index in [4.69, 9.17) is 9.31 Å². The molecule has 232 valence electrons. The zero-order chi connectivity index (χ0) is 32.2. The van der Waals surface area contributed by atoms with Crippen LogP contribution in [0.3, 0.4) is 0 Å². The van der Waals surface area contributed by atoms with Gasteiger partial charge in [0.2, 0.25) is 5.91 Å². The first kappa shape index (κ1) is 31.7. The third-order valence-corrected chi connectivity index (χ3v) is 7.76. The van der Waals surface area contributed by atoms with Gasteiger partial charge >= 0.3 is 20.2 Å². The van der Waals surface area contributed by atoms with Crippen LogP contribution in [0.15, 0.2) is 60.7 Å². The average molecular weight is 615 g/mol. The molecular weight excluding hydrogens is 584 g/mol. The van der Waals surface area contributed by atoms with Crippen LogP contribution in [0.25, 0.3) is 0 Å². The number of aliphatic carboxylic acids is 1. The highest BCUT2D eigenvalue weighted by molar-refractivity contribution is 6.62. The van der Waals surface area contributed by atoms with Crippen molar-refractivity contribution in [2.24, 2.45) is 0 Å². The molecule has 3 amide bonds. The fourth-order valence-corrected chi connectivity index (χ4v) is 5.32. The Balaban J connectivity index is 1.37. The average Bonchev–Trinajstić information content (AvgIpc) is 3.57. The van der Waals surface area contributed by atoms with Gasteiger partial charge in [0.15, 0.2) is 0 Å². The van der Waals surface area contributed by atoms with Crippen LogP contribution < -0.4 is 26.9 Å². The summed E-state index contributed by atoms with van der Waals surface area (Å²) < 4.78 is 10.4. The zero-order valence-electron chi connectivity index (χ0n) is 24.2. The molecule has 2 aliphatic rings. The number of carboxylic acids is 1. The topological polar surface area (TPSA) is 204 Å². The Hall–Kier alpha value is -4.69. The molecule has 0 aliphatic carbocycles. The molecule has 2 aliphatic heterocycles. The molecule has 7 N–H and O–H groups in total. The van der Waals surface area contributed by atoms with Crippen LogP contribution in [0.2, 0.25) is 0 Å². The van der Waals surface area contributed by atoms with E-state index in [1.807, 2.05) is 0 Å². The van der Waals surface area contributed by atoms with E-state index in [-0.39, 0.29) is 36.5 Å². The number of hydrogen-bond acceptors (Lipinski definition) is 9. The van der Waals surface area contributed by atoms with Gasteiger partial charge in [-0.3, -0.25) is 19.2 Å². The molecule has 45 heavy (non-hydrogen) atoms. The number of carbonyl (C=O) groups excluding carboxylic acids is 3. The minimum Gasteiger partial charge on any atom is -0.508 e. The van der Waals surface area contributed by atoms with E-state index < -0.39 is 62.5 Å². The SMILES string of the molecule is C[C@H](NC(=O)c1ccc2c(c1)B(O)OC2)[C@H](NC(=O)c1ccc2c(c1)B(O)OC2)C(=O)N[C@H](CC(=O)O)Cc1ccc(O)cc1. The van der Waals surface area contributed by atoms with Gasteiger partial charge in [-0.15, -0.1) is 0 Å². The third kappa shape index (κ3) is 7.52. The Morgan fingerprint density at radius 2 is 1.33 bits per heavy atom. The number of carboxylic acid groups (broad SMARTS) is 1. The van der Waals surface area contributed by atoms with Gasteiger partial charge in [0, 0.05) is 17.2 Å². The fraction of sp³-hybridized carbons (Fsp3) is 0.267. The second kappa shape index (κ2) is 13.5. The number of rotatable bonds is 11. The molecule has 0 saturated heterocycles. The normalized spacial score (nSPS) is 15.4. The summed E-state index contributed by atoms with van der Waals surface area (Å²) in [4.78, 5) is 52.0. The lowest BCUT2D eigenvalue weighted by Crippen LogP contribution is -2.59. The lowest BCUT2D eigenvalue weighted by molar-refractivity contribution is -0.137. The van der Waals surface area contributed by atoms with Crippen LogP contribution >= 0.6 is 0 Å². The van der Waals surface area contributed by atoms with Crippen molar-refractivity contribution in [3.63, 3.8) is 0 Å². The van der Waals surface area contributed by atoms with E-state index in [1.54, 1.807) is 30.3 Å². The van der Waals surface area contributed by atoms with Crippen molar-refractivity contribution in [2.75, 3.05) is 0 Å². The van der Waals surface area contributed by atoms with Crippen molar-refractivity contribution in [3.8, 4) is 5.75 Å². The predicted molar refractivity (Wildman–Crippen MR) is 162 cm³/mol. The largest absolute Gasteiger partial charge is 0.508 e. The molecule has 2 heterocycles. The van der Waals surface area contributed by atoms with Crippen LogP contribution in [0.5, 0.6) is 5.75 Å². The van der Waals surface area contributed by atoms with E-state index >= 15 is 0 Å². The van der Waals surface area contributed by atoms with Gasteiger partial charge < -0.3 is 45.5 Å². The Morgan fingerprint density at radius 3 is 1.87 bits per heavy atom. The highest BCUT2D eigenvalue weighted by Crippen LogP contribution is 2.15. The number of hydrogen-bond donors (Lipinski definition) is 7. The molecule has 0 aromatic heterocycles. The van der Waals surface area contributed by atoms with E-state index in [9.17, 15) is 39.4 Å². The second-order valence-corrected chi connectivity index (χ2v) is 11.0.